The van der Waals surface area contributed by atoms with Crippen LogP contribution in [0.3, 0.4) is 0 Å². The molecule has 1 atom stereocenters. The summed E-state index contributed by atoms with van der Waals surface area (Å²) < 4.78 is 0. The summed E-state index contributed by atoms with van der Waals surface area (Å²) in [6.07, 6.45) is 5.96. The number of hydrogen-bond acceptors (Lipinski definition) is 5. The van der Waals surface area contributed by atoms with Crippen molar-refractivity contribution in [3.8, 4) is 0 Å². The minimum atomic E-state index is -0.202. The van der Waals surface area contributed by atoms with E-state index in [0.717, 1.165) is 37.7 Å². The van der Waals surface area contributed by atoms with Crippen LogP contribution in [-0.4, -0.2) is 55.5 Å². The predicted octanol–water partition coefficient (Wildman–Crippen LogP) is 2.69. The van der Waals surface area contributed by atoms with E-state index < -0.39 is 0 Å². The second-order valence-electron chi connectivity index (χ2n) is 8.66. The molecule has 3 N–H and O–H groups in total. The number of nitrogens with one attached hydrogen (secondary N) is 1. The van der Waals surface area contributed by atoms with Gasteiger partial charge < -0.3 is 10.6 Å². The monoisotopic (exact) mass is 456 g/mol. The molecule has 3 aliphatic rings. The highest BCUT2D eigenvalue weighted by Crippen LogP contribution is 2.28. The Balaban J connectivity index is 0.00000160. The molecule has 0 spiro atoms. The Kier molecular flexibility index (Phi) is 9.41. The van der Waals surface area contributed by atoms with Crippen molar-refractivity contribution in [1.29, 1.82) is 0 Å². The number of benzene rings is 1. The van der Waals surface area contributed by atoms with E-state index in [9.17, 15) is 9.59 Å². The lowest BCUT2D eigenvalue weighted by Crippen LogP contribution is -2.48. The number of nitrogens with two attached hydrogens (primary N) is 1. The predicted molar refractivity (Wildman–Crippen MR) is 125 cm³/mol. The molecule has 3 fully saturated rings. The van der Waals surface area contributed by atoms with Gasteiger partial charge in [-0.3, -0.25) is 19.8 Å². The first-order valence-electron chi connectivity index (χ1n) is 10.7. The number of piperidine rings is 1. The molecule has 1 saturated carbocycles. The van der Waals surface area contributed by atoms with Crippen molar-refractivity contribution in [3.05, 3.63) is 29.8 Å². The number of amides is 2. The normalized spacial score (nSPS) is 27.6. The van der Waals surface area contributed by atoms with Gasteiger partial charge in [-0.15, -0.1) is 24.8 Å². The maximum Gasteiger partial charge on any atom is 0.234 e. The first-order chi connectivity index (χ1) is 13.6. The minimum Gasteiger partial charge on any atom is -0.369 e. The van der Waals surface area contributed by atoms with Crippen molar-refractivity contribution in [2.45, 2.75) is 50.5 Å². The molecule has 30 heavy (non-hydrogen) atoms. The lowest BCUT2D eigenvalue weighted by atomic mass is 9.86. The first-order valence-corrected chi connectivity index (χ1v) is 10.7. The van der Waals surface area contributed by atoms with E-state index in [4.69, 9.17) is 5.73 Å². The maximum absolute atomic E-state index is 12.1. The molecule has 1 aromatic carbocycles. The van der Waals surface area contributed by atoms with E-state index in [1.807, 2.05) is 12.1 Å². The number of imide groups is 1. The van der Waals surface area contributed by atoms with E-state index in [1.54, 1.807) is 0 Å². The summed E-state index contributed by atoms with van der Waals surface area (Å²) in [4.78, 5) is 28.4. The topological polar surface area (TPSA) is 78.7 Å². The van der Waals surface area contributed by atoms with E-state index in [2.05, 4.69) is 27.2 Å². The molecule has 2 saturated heterocycles. The molecular formula is C22H34Cl2N4O2. The van der Waals surface area contributed by atoms with Crippen molar-refractivity contribution in [3.63, 3.8) is 0 Å². The molecule has 0 radical (unpaired) electrons. The molecule has 168 valence electrons. The average molecular weight is 457 g/mol. The van der Waals surface area contributed by atoms with Gasteiger partial charge in [0.1, 0.15) is 0 Å². The molecule has 2 amide bonds. The molecule has 1 aliphatic carbocycles. The molecule has 1 unspecified atom stereocenters. The van der Waals surface area contributed by atoms with Crippen LogP contribution < -0.4 is 16.0 Å². The summed E-state index contributed by atoms with van der Waals surface area (Å²) in [5, 5.41) is 2.45. The third kappa shape index (κ3) is 6.10. The number of rotatable bonds is 4. The standard InChI is InChI=1S/C22H32N4O2.2ClH/c23-18-5-1-16(2-6-18)15-25-11-13-26(14-12-25)19-7-3-17(4-8-19)20-9-10-21(27)24-22(20)28;;/h3-4,7-8,16,18,20H,1-2,5-6,9-15,23H2,(H,24,27,28);2*1H. The van der Waals surface area contributed by atoms with Crippen LogP contribution in [0.1, 0.15) is 50.0 Å². The van der Waals surface area contributed by atoms with Crippen LogP contribution in [0.2, 0.25) is 0 Å². The van der Waals surface area contributed by atoms with E-state index in [0.29, 0.717) is 18.9 Å². The Labute approximate surface area is 191 Å². The molecule has 8 heteroatoms. The van der Waals surface area contributed by atoms with Crippen molar-refractivity contribution in [2.24, 2.45) is 11.7 Å². The Morgan fingerprint density at radius 2 is 1.53 bits per heavy atom. The third-order valence-electron chi connectivity index (χ3n) is 6.68. The average Bonchev–Trinajstić information content (AvgIpc) is 2.71. The maximum atomic E-state index is 12.1. The summed E-state index contributed by atoms with van der Waals surface area (Å²) in [5.41, 5.74) is 8.25. The van der Waals surface area contributed by atoms with Crippen molar-refractivity contribution >= 4 is 42.3 Å². The zero-order valence-corrected chi connectivity index (χ0v) is 19.1. The number of carbonyl (C=O) groups is 2. The van der Waals surface area contributed by atoms with Crippen LogP contribution in [0.5, 0.6) is 0 Å². The highest BCUT2D eigenvalue weighted by Gasteiger charge is 2.28. The van der Waals surface area contributed by atoms with Crippen LogP contribution in [-0.2, 0) is 9.59 Å². The molecule has 1 aromatic rings. The zero-order valence-electron chi connectivity index (χ0n) is 17.4. The number of carbonyl (C=O) groups excluding carboxylic acids is 2. The summed E-state index contributed by atoms with van der Waals surface area (Å²) in [6.45, 7) is 5.53. The fourth-order valence-corrected chi connectivity index (χ4v) is 4.85. The van der Waals surface area contributed by atoms with E-state index in [1.165, 1.54) is 37.9 Å². The second kappa shape index (κ2) is 11.3. The molecule has 0 bridgehead atoms. The summed E-state index contributed by atoms with van der Waals surface area (Å²) >= 11 is 0. The van der Waals surface area contributed by atoms with Crippen LogP contribution in [0.4, 0.5) is 5.69 Å². The van der Waals surface area contributed by atoms with Crippen LogP contribution in [0, 0.1) is 5.92 Å². The van der Waals surface area contributed by atoms with Gasteiger partial charge in [0.15, 0.2) is 0 Å². The van der Waals surface area contributed by atoms with Crippen molar-refractivity contribution in [1.82, 2.24) is 10.2 Å². The lowest BCUT2D eigenvalue weighted by Gasteiger charge is -2.38. The second-order valence-corrected chi connectivity index (χ2v) is 8.66. The van der Waals surface area contributed by atoms with Gasteiger partial charge in [-0.1, -0.05) is 12.1 Å². The van der Waals surface area contributed by atoms with Gasteiger partial charge in [-0.2, -0.15) is 0 Å². The molecule has 2 heterocycles. The Hall–Kier alpha value is -1.34. The van der Waals surface area contributed by atoms with Gasteiger partial charge in [-0.05, 0) is 55.7 Å². The van der Waals surface area contributed by atoms with Gasteiger partial charge in [0.05, 0.1) is 5.92 Å². The van der Waals surface area contributed by atoms with Gasteiger partial charge in [0, 0.05) is 50.9 Å². The van der Waals surface area contributed by atoms with E-state index >= 15 is 0 Å². The smallest absolute Gasteiger partial charge is 0.234 e. The summed E-state index contributed by atoms with van der Waals surface area (Å²) in [6, 6.07) is 8.77. The SMILES string of the molecule is Cl.Cl.NC1CCC(CN2CCN(c3ccc(C4CCC(=O)NC4=O)cc3)CC2)CC1. The molecular weight excluding hydrogens is 423 g/mol. The first kappa shape index (κ1) is 24.9. The van der Waals surface area contributed by atoms with Crippen LogP contribution >= 0.6 is 24.8 Å². The van der Waals surface area contributed by atoms with Crippen molar-refractivity contribution in [2.75, 3.05) is 37.6 Å². The zero-order chi connectivity index (χ0) is 19.5. The number of piperazine rings is 1. The lowest BCUT2D eigenvalue weighted by molar-refractivity contribution is -0.134. The molecule has 0 aromatic heterocycles. The number of hydrogen-bond donors (Lipinski definition) is 2. The molecule has 6 nitrogen and oxygen atoms in total. The van der Waals surface area contributed by atoms with Gasteiger partial charge in [-0.25, -0.2) is 0 Å². The third-order valence-corrected chi connectivity index (χ3v) is 6.68. The highest BCUT2D eigenvalue weighted by atomic mass is 35.5. The largest absolute Gasteiger partial charge is 0.369 e. The highest BCUT2D eigenvalue weighted by molar-refractivity contribution is 6.00. The Morgan fingerprint density at radius 3 is 2.13 bits per heavy atom. The molecule has 4 rings (SSSR count). The quantitative estimate of drug-likeness (QED) is 0.680. The summed E-state index contributed by atoms with van der Waals surface area (Å²) in [5.74, 6) is 0.291. The van der Waals surface area contributed by atoms with E-state index in [-0.39, 0.29) is 42.5 Å². The fourth-order valence-electron chi connectivity index (χ4n) is 4.85. The number of halogens is 2. The molecule has 2 aliphatic heterocycles. The van der Waals surface area contributed by atoms with Crippen LogP contribution in [0.25, 0.3) is 0 Å². The Bertz CT molecular complexity index is 700. The van der Waals surface area contributed by atoms with Gasteiger partial charge in [0.2, 0.25) is 11.8 Å². The van der Waals surface area contributed by atoms with Gasteiger partial charge in [0.25, 0.3) is 0 Å². The van der Waals surface area contributed by atoms with Crippen LogP contribution in [0.15, 0.2) is 24.3 Å². The number of anilines is 1. The van der Waals surface area contributed by atoms with Crippen molar-refractivity contribution < 1.29 is 9.59 Å². The summed E-state index contributed by atoms with van der Waals surface area (Å²) in [7, 11) is 0. The fraction of sp³-hybridized carbons (Fsp3) is 0.636. The number of nitrogens with zero attached hydrogens (tertiary/aromatic N) is 2. The van der Waals surface area contributed by atoms with Gasteiger partial charge >= 0.3 is 0 Å². The minimum absolute atomic E-state index is 0. The Morgan fingerprint density at radius 1 is 0.900 bits per heavy atom.